The molecule has 2 unspecified atom stereocenters. The van der Waals surface area contributed by atoms with E-state index in [9.17, 15) is 9.90 Å². The number of benzene rings is 3. The van der Waals surface area contributed by atoms with Crippen LogP contribution in [0.3, 0.4) is 0 Å². The molecule has 3 nitrogen and oxygen atoms in total. The highest BCUT2D eigenvalue weighted by molar-refractivity contribution is 8.23. The number of aliphatic hydroxyl groups excluding tert-OH is 1. The van der Waals surface area contributed by atoms with Gasteiger partial charge in [0.2, 0.25) is 5.91 Å². The molecule has 3 aromatic carbocycles. The van der Waals surface area contributed by atoms with E-state index in [1.807, 2.05) is 17.8 Å². The molecule has 0 radical (unpaired) electrons. The SMILES string of the molecule is CC(C)C1CSC(=S)N1C(=O)CC(O)/C=C/CCSC(c1ccccc1)(c1ccccc1)c1ccccc1. The standard InChI is InChI=1S/C32H35NO2S3/c1-24(2)29-23-37-31(36)33(29)30(35)22-28(34)20-12-13-21-38-32(25-14-6-3-7-15-25,26-16-8-4-9-17-26)27-18-10-5-11-19-27/h3-12,14-20,24,28-29,34H,13,21-23H2,1-2H3/b20-12+. The summed E-state index contributed by atoms with van der Waals surface area (Å²) >= 11 is 8.85. The number of hydrogen-bond donors (Lipinski definition) is 1. The molecular formula is C32H35NO2S3. The number of allylic oxidation sites excluding steroid dienone is 1. The lowest BCUT2D eigenvalue weighted by atomic mass is 9.84. The summed E-state index contributed by atoms with van der Waals surface area (Å²) in [5.74, 6) is 1.91. The highest BCUT2D eigenvalue weighted by Gasteiger charge is 2.37. The second kappa shape index (κ2) is 13.6. The van der Waals surface area contributed by atoms with Gasteiger partial charge in [0.25, 0.3) is 0 Å². The minimum atomic E-state index is -0.823. The number of carbonyl (C=O) groups is 1. The zero-order chi connectivity index (χ0) is 27.0. The molecule has 198 valence electrons. The van der Waals surface area contributed by atoms with E-state index in [-0.39, 0.29) is 23.1 Å². The van der Waals surface area contributed by atoms with Crippen LogP contribution in [0.2, 0.25) is 0 Å². The van der Waals surface area contributed by atoms with E-state index in [1.54, 1.807) is 22.7 Å². The lowest BCUT2D eigenvalue weighted by Crippen LogP contribution is -2.42. The van der Waals surface area contributed by atoms with Crippen molar-refractivity contribution >= 4 is 46.0 Å². The third-order valence-electron chi connectivity index (χ3n) is 6.83. The number of thiocarbonyl (C=S) groups is 1. The van der Waals surface area contributed by atoms with Gasteiger partial charge in [-0.3, -0.25) is 9.69 Å². The van der Waals surface area contributed by atoms with E-state index in [1.165, 1.54) is 16.7 Å². The van der Waals surface area contributed by atoms with Crippen LogP contribution >= 0.6 is 35.7 Å². The number of rotatable bonds is 11. The molecule has 2 atom stereocenters. The van der Waals surface area contributed by atoms with Gasteiger partial charge >= 0.3 is 0 Å². The van der Waals surface area contributed by atoms with E-state index in [0.717, 1.165) is 17.9 Å². The Morgan fingerprint density at radius 2 is 1.50 bits per heavy atom. The van der Waals surface area contributed by atoms with Gasteiger partial charge < -0.3 is 5.11 Å². The molecule has 0 spiro atoms. The van der Waals surface area contributed by atoms with Crippen molar-refractivity contribution in [2.24, 2.45) is 5.92 Å². The Kier molecular flexibility index (Phi) is 10.3. The second-order valence-corrected chi connectivity index (χ2v) is 12.7. The van der Waals surface area contributed by atoms with Crippen LogP contribution in [-0.2, 0) is 9.54 Å². The van der Waals surface area contributed by atoms with Crippen LogP contribution in [-0.4, -0.2) is 43.9 Å². The van der Waals surface area contributed by atoms with Gasteiger partial charge in [-0.05, 0) is 34.8 Å². The summed E-state index contributed by atoms with van der Waals surface area (Å²) in [4.78, 5) is 14.6. The molecule has 1 fully saturated rings. The summed E-state index contributed by atoms with van der Waals surface area (Å²) in [6.45, 7) is 4.21. The molecule has 3 aromatic rings. The highest BCUT2D eigenvalue weighted by Crippen LogP contribution is 2.48. The quantitative estimate of drug-likeness (QED) is 0.115. The van der Waals surface area contributed by atoms with Crippen LogP contribution in [0.1, 0.15) is 43.4 Å². The molecule has 4 rings (SSSR count). The normalized spacial score (nSPS) is 16.9. The first-order valence-corrected chi connectivity index (χ1v) is 15.5. The van der Waals surface area contributed by atoms with Crippen molar-refractivity contribution in [2.75, 3.05) is 11.5 Å². The molecule has 1 N–H and O–H groups in total. The molecule has 0 aliphatic carbocycles. The molecule has 38 heavy (non-hydrogen) atoms. The summed E-state index contributed by atoms with van der Waals surface area (Å²) in [5.41, 5.74) is 3.70. The van der Waals surface area contributed by atoms with Gasteiger partial charge in [0.1, 0.15) is 4.32 Å². The van der Waals surface area contributed by atoms with Gasteiger partial charge in [0, 0.05) is 11.8 Å². The average Bonchev–Trinajstić information content (AvgIpc) is 3.34. The van der Waals surface area contributed by atoms with Crippen LogP contribution in [0.4, 0.5) is 0 Å². The first-order chi connectivity index (χ1) is 18.4. The van der Waals surface area contributed by atoms with Crippen molar-refractivity contribution in [3.63, 3.8) is 0 Å². The first-order valence-electron chi connectivity index (χ1n) is 13.1. The Bertz CT molecular complexity index is 1120. The van der Waals surface area contributed by atoms with Crippen molar-refractivity contribution < 1.29 is 9.90 Å². The van der Waals surface area contributed by atoms with Crippen LogP contribution in [0, 0.1) is 5.92 Å². The number of nitrogens with zero attached hydrogens (tertiary/aromatic N) is 1. The third kappa shape index (κ3) is 6.60. The molecule has 6 heteroatoms. The number of amides is 1. The van der Waals surface area contributed by atoms with E-state index >= 15 is 0 Å². The summed E-state index contributed by atoms with van der Waals surface area (Å²) in [6.07, 6.45) is 3.75. The predicted octanol–water partition coefficient (Wildman–Crippen LogP) is 7.29. The van der Waals surface area contributed by atoms with Gasteiger partial charge in [-0.2, -0.15) is 0 Å². The molecule has 0 bridgehead atoms. The van der Waals surface area contributed by atoms with Crippen LogP contribution in [0.25, 0.3) is 0 Å². The Morgan fingerprint density at radius 3 is 1.97 bits per heavy atom. The van der Waals surface area contributed by atoms with Gasteiger partial charge in [-0.1, -0.05) is 141 Å². The third-order valence-corrected chi connectivity index (χ3v) is 9.91. The molecule has 1 amide bonds. The number of carbonyl (C=O) groups excluding carboxylic acids is 1. The Morgan fingerprint density at radius 1 is 1.00 bits per heavy atom. The van der Waals surface area contributed by atoms with E-state index in [0.29, 0.717) is 10.2 Å². The second-order valence-electron chi connectivity index (χ2n) is 9.77. The molecule has 1 aliphatic rings. The highest BCUT2D eigenvalue weighted by atomic mass is 32.2. The summed E-state index contributed by atoms with van der Waals surface area (Å²) in [6, 6.07) is 32.0. The maximum atomic E-state index is 12.9. The Balaban J connectivity index is 1.46. The van der Waals surface area contributed by atoms with Crippen molar-refractivity contribution in [1.82, 2.24) is 4.90 Å². The fraction of sp³-hybridized carbons (Fsp3) is 0.312. The van der Waals surface area contributed by atoms with E-state index < -0.39 is 6.10 Å². The topological polar surface area (TPSA) is 40.5 Å². The molecule has 1 aliphatic heterocycles. The fourth-order valence-corrected chi connectivity index (χ4v) is 7.99. The smallest absolute Gasteiger partial charge is 0.231 e. The summed E-state index contributed by atoms with van der Waals surface area (Å²) in [5, 5.41) is 10.6. The molecule has 1 heterocycles. The average molecular weight is 562 g/mol. The predicted molar refractivity (Wildman–Crippen MR) is 167 cm³/mol. The minimum absolute atomic E-state index is 0.0511. The lowest BCUT2D eigenvalue weighted by Gasteiger charge is -2.35. The van der Waals surface area contributed by atoms with Crippen LogP contribution in [0.5, 0.6) is 0 Å². The molecule has 0 saturated carbocycles. The van der Waals surface area contributed by atoms with Crippen molar-refractivity contribution in [1.29, 1.82) is 0 Å². The molecular weight excluding hydrogens is 527 g/mol. The van der Waals surface area contributed by atoms with Crippen molar-refractivity contribution in [2.45, 2.75) is 43.6 Å². The first kappa shape index (κ1) is 28.6. The van der Waals surface area contributed by atoms with Crippen molar-refractivity contribution in [3.05, 3.63) is 120 Å². The molecule has 1 saturated heterocycles. The van der Waals surface area contributed by atoms with Crippen LogP contribution < -0.4 is 0 Å². The minimum Gasteiger partial charge on any atom is -0.389 e. The zero-order valence-corrected chi connectivity index (χ0v) is 24.4. The summed E-state index contributed by atoms with van der Waals surface area (Å²) in [7, 11) is 0. The number of hydrogen-bond acceptors (Lipinski definition) is 5. The Hall–Kier alpha value is -2.38. The zero-order valence-electron chi connectivity index (χ0n) is 21.9. The van der Waals surface area contributed by atoms with Crippen molar-refractivity contribution in [3.8, 4) is 0 Å². The van der Waals surface area contributed by atoms with Crippen LogP contribution in [0.15, 0.2) is 103 Å². The fourth-order valence-electron chi connectivity index (χ4n) is 4.86. The number of aliphatic hydroxyl groups is 1. The monoisotopic (exact) mass is 561 g/mol. The van der Waals surface area contributed by atoms with E-state index in [2.05, 4.69) is 105 Å². The Labute approximate surface area is 240 Å². The van der Waals surface area contributed by atoms with Gasteiger partial charge in [-0.15, -0.1) is 11.8 Å². The van der Waals surface area contributed by atoms with E-state index in [4.69, 9.17) is 12.2 Å². The lowest BCUT2D eigenvalue weighted by molar-refractivity contribution is -0.130. The van der Waals surface area contributed by atoms with Gasteiger partial charge in [-0.25, -0.2) is 0 Å². The van der Waals surface area contributed by atoms with Gasteiger partial charge in [0.05, 0.1) is 17.3 Å². The maximum Gasteiger partial charge on any atom is 0.231 e. The molecule has 0 aromatic heterocycles. The van der Waals surface area contributed by atoms with Gasteiger partial charge in [0.15, 0.2) is 0 Å². The largest absolute Gasteiger partial charge is 0.389 e. The summed E-state index contributed by atoms with van der Waals surface area (Å²) < 4.78 is 0.265. The number of thioether (sulfide) groups is 2. The maximum absolute atomic E-state index is 12.9.